The Morgan fingerprint density at radius 2 is 1.40 bits per heavy atom. The van der Waals surface area contributed by atoms with Gasteiger partial charge in [-0.2, -0.15) is 0 Å². The molecule has 1 heterocycles. The van der Waals surface area contributed by atoms with Crippen LogP contribution >= 0.6 is 7.81 Å². The molecule has 0 aliphatic carbocycles. The second-order valence-electron chi connectivity index (χ2n) is 6.45. The molecule has 0 aliphatic rings. The number of rotatable bonds is 7. The molecule has 0 atom stereocenters. The average Bonchev–Trinajstić information content (AvgIpc) is 2.62. The predicted molar refractivity (Wildman–Crippen MR) is 109 cm³/mol. The summed E-state index contributed by atoms with van der Waals surface area (Å²) in [5.41, 5.74) is 11.8. The molecule has 1 aromatic carbocycles. The number of aromatic nitrogens is 1. The summed E-state index contributed by atoms with van der Waals surface area (Å²) < 4.78 is 61.3. The first-order valence-electron chi connectivity index (χ1n) is 8.66. The number of aryl methyl sites for hydroxylation is 1. The summed E-state index contributed by atoms with van der Waals surface area (Å²) >= 11 is 0. The fourth-order valence-electron chi connectivity index (χ4n) is 2.17. The van der Waals surface area contributed by atoms with Gasteiger partial charge in [-0.05, 0) is 28.8 Å². The molecule has 2 aromatic rings. The second-order valence-corrected chi connectivity index (χ2v) is 8.37. The van der Waals surface area contributed by atoms with Gasteiger partial charge in [-0.25, -0.2) is 4.57 Å². The van der Waals surface area contributed by atoms with Crippen molar-refractivity contribution in [1.82, 2.24) is 0 Å². The minimum atomic E-state index is -10.7. The molecule has 30 heavy (non-hydrogen) atoms. The molecule has 0 saturated heterocycles. The van der Waals surface area contributed by atoms with Crippen LogP contribution in [0.25, 0.3) is 22.6 Å². The number of benzene rings is 1. The first kappa shape index (κ1) is 25.3. The monoisotopic (exact) mass is 453 g/mol. The van der Waals surface area contributed by atoms with Crippen LogP contribution in [0.2, 0.25) is 0 Å². The Labute approximate surface area is 170 Å². The number of hydrogen-bond donors (Lipinski definition) is 0. The normalized spacial score (nSPS) is 13.5. The number of anilines is 1. The molecule has 0 unspecified atom stereocenters. The number of hydrogen-bond acceptors (Lipinski definition) is 2. The third-order valence-corrected chi connectivity index (χ3v) is 3.53. The van der Waals surface area contributed by atoms with Crippen LogP contribution < -0.4 is 9.47 Å². The molecule has 5 nitrogen and oxygen atoms in total. The fourth-order valence-corrected chi connectivity index (χ4v) is 2.17. The van der Waals surface area contributed by atoms with Gasteiger partial charge in [-0.3, -0.25) is 0 Å². The molecule has 0 spiro atoms. The number of halogens is 6. The third kappa shape index (κ3) is 14.3. The van der Waals surface area contributed by atoms with E-state index in [9.17, 15) is 25.2 Å². The van der Waals surface area contributed by atoms with Gasteiger partial charge in [0.2, 0.25) is 0 Å². The molecule has 0 N–H and O–H groups in total. The molecular weight excluding hydrogens is 431 g/mol. The Hall–Kier alpha value is -2.77. The van der Waals surface area contributed by atoms with Crippen molar-refractivity contribution >= 4 is 25.6 Å². The predicted octanol–water partition coefficient (Wildman–Crippen LogP) is 7.29. The van der Waals surface area contributed by atoms with Crippen LogP contribution in [0.3, 0.4) is 0 Å². The molecule has 1 aromatic heterocycles. The van der Waals surface area contributed by atoms with Crippen molar-refractivity contribution in [3.05, 3.63) is 70.4 Å². The maximum atomic E-state index is 9.87. The van der Waals surface area contributed by atoms with Crippen molar-refractivity contribution in [2.24, 2.45) is 5.11 Å². The van der Waals surface area contributed by atoms with Crippen LogP contribution in [0.5, 0.6) is 0 Å². The number of azide groups is 1. The van der Waals surface area contributed by atoms with E-state index in [2.05, 4.69) is 68.0 Å². The molecule has 12 heteroatoms. The minimum absolute atomic E-state index is 0.536. The van der Waals surface area contributed by atoms with Gasteiger partial charge >= 0.3 is 33.0 Å². The summed E-state index contributed by atoms with van der Waals surface area (Å²) in [4.78, 5) is 4.84. The SMILES string of the molecule is CN(C)c1ccc(/C=C/c2cc[n+](CCCN=[N+]=[N-])cc2)cc1.F[P-](F)(F)(F)(F)F. The van der Waals surface area contributed by atoms with Crippen molar-refractivity contribution in [3.8, 4) is 0 Å². The van der Waals surface area contributed by atoms with Crippen molar-refractivity contribution in [1.29, 1.82) is 0 Å². The molecule has 2 rings (SSSR count). The second kappa shape index (κ2) is 9.36. The zero-order valence-electron chi connectivity index (χ0n) is 16.3. The van der Waals surface area contributed by atoms with Crippen LogP contribution in [0.4, 0.5) is 30.9 Å². The van der Waals surface area contributed by atoms with Gasteiger partial charge in [0, 0.05) is 49.8 Å². The van der Waals surface area contributed by atoms with Gasteiger partial charge in [0.25, 0.3) is 0 Å². The summed E-state index contributed by atoms with van der Waals surface area (Å²) in [6, 6.07) is 12.6. The van der Waals surface area contributed by atoms with E-state index in [1.165, 1.54) is 11.3 Å². The standard InChI is InChI=1S/C18H22N5.F6P/c1-22(2)18-8-6-16(7-9-18)4-5-17-10-14-23(15-11-17)13-3-12-20-21-19;1-7(2,3,4,5)6/h4-11,14-15H,3,12-13H2,1-2H3;/q+1;-1. The Morgan fingerprint density at radius 3 is 1.83 bits per heavy atom. The molecular formula is C18H22F6N5P. The Bertz CT molecular complexity index is 876. The fraction of sp³-hybridized carbons (Fsp3) is 0.278. The van der Waals surface area contributed by atoms with E-state index < -0.39 is 7.81 Å². The van der Waals surface area contributed by atoms with Gasteiger partial charge in [-0.1, -0.05) is 29.4 Å². The molecule has 0 aliphatic heterocycles. The molecule has 0 bridgehead atoms. The Morgan fingerprint density at radius 1 is 0.933 bits per heavy atom. The Kier molecular flexibility index (Phi) is 7.89. The Balaban J connectivity index is 0.000000553. The van der Waals surface area contributed by atoms with E-state index in [1.807, 2.05) is 26.5 Å². The molecule has 0 radical (unpaired) electrons. The zero-order valence-corrected chi connectivity index (χ0v) is 17.2. The summed E-state index contributed by atoms with van der Waals surface area (Å²) in [7, 11) is -6.58. The van der Waals surface area contributed by atoms with Crippen LogP contribution in [-0.4, -0.2) is 20.6 Å². The molecule has 166 valence electrons. The van der Waals surface area contributed by atoms with E-state index in [0.717, 1.165) is 18.5 Å². The molecule has 0 amide bonds. The third-order valence-electron chi connectivity index (χ3n) is 3.53. The van der Waals surface area contributed by atoms with Crippen LogP contribution in [0.15, 0.2) is 53.9 Å². The molecule has 0 saturated carbocycles. The van der Waals surface area contributed by atoms with Gasteiger partial charge in [-0.15, -0.1) is 0 Å². The maximum absolute atomic E-state index is 10.7. The summed E-state index contributed by atoms with van der Waals surface area (Å²) in [5.74, 6) is 0. The summed E-state index contributed by atoms with van der Waals surface area (Å²) in [6.45, 7) is 1.39. The van der Waals surface area contributed by atoms with Crippen LogP contribution in [0, 0.1) is 0 Å². The van der Waals surface area contributed by atoms with E-state index in [1.54, 1.807) is 0 Å². The van der Waals surface area contributed by atoms with Gasteiger partial charge in [0.05, 0.1) is 0 Å². The van der Waals surface area contributed by atoms with Gasteiger partial charge in [0.1, 0.15) is 6.54 Å². The van der Waals surface area contributed by atoms with Crippen molar-refractivity contribution in [2.45, 2.75) is 13.0 Å². The molecule has 0 fully saturated rings. The summed E-state index contributed by atoms with van der Waals surface area (Å²) in [5, 5.41) is 3.54. The quantitative estimate of drug-likeness (QED) is 0.0826. The van der Waals surface area contributed by atoms with Crippen LogP contribution in [0.1, 0.15) is 17.5 Å². The first-order valence-corrected chi connectivity index (χ1v) is 10.7. The topological polar surface area (TPSA) is 55.9 Å². The average molecular weight is 453 g/mol. The van der Waals surface area contributed by atoms with E-state index >= 15 is 0 Å². The van der Waals surface area contributed by atoms with Crippen molar-refractivity contribution < 1.29 is 29.7 Å². The van der Waals surface area contributed by atoms with Crippen molar-refractivity contribution in [3.63, 3.8) is 0 Å². The van der Waals surface area contributed by atoms with Crippen LogP contribution in [-0.2, 0) is 6.54 Å². The first-order chi connectivity index (χ1) is 13.6. The van der Waals surface area contributed by atoms with Gasteiger partial charge in [0.15, 0.2) is 12.4 Å². The van der Waals surface area contributed by atoms with E-state index in [-0.39, 0.29) is 0 Å². The number of nitrogens with zero attached hydrogens (tertiary/aromatic N) is 5. The van der Waals surface area contributed by atoms with E-state index in [4.69, 9.17) is 5.53 Å². The van der Waals surface area contributed by atoms with Gasteiger partial charge < -0.3 is 4.90 Å². The van der Waals surface area contributed by atoms with Crippen molar-refractivity contribution in [2.75, 3.05) is 25.5 Å². The summed E-state index contributed by atoms with van der Waals surface area (Å²) in [6.07, 6.45) is 9.16. The zero-order chi connectivity index (χ0) is 22.9. The van der Waals surface area contributed by atoms with E-state index in [0.29, 0.717) is 6.54 Å². The number of pyridine rings is 1.